The van der Waals surface area contributed by atoms with Gasteiger partial charge in [-0.05, 0) is 65.4 Å². The summed E-state index contributed by atoms with van der Waals surface area (Å²) in [5.41, 5.74) is 11.6. The van der Waals surface area contributed by atoms with Crippen molar-refractivity contribution in [1.82, 2.24) is 9.97 Å². The molecular formula is C34H26N2. The summed E-state index contributed by atoms with van der Waals surface area (Å²) in [6.45, 7) is 4.22. The van der Waals surface area contributed by atoms with Gasteiger partial charge < -0.3 is 0 Å². The van der Waals surface area contributed by atoms with Crippen molar-refractivity contribution in [2.24, 2.45) is 0 Å². The van der Waals surface area contributed by atoms with E-state index in [9.17, 15) is 0 Å². The molecule has 172 valence electrons. The van der Waals surface area contributed by atoms with Gasteiger partial charge in [-0.15, -0.1) is 0 Å². The number of pyridine rings is 2. The Morgan fingerprint density at radius 3 is 2.03 bits per heavy atom. The molecule has 0 aliphatic carbocycles. The third-order valence-electron chi connectivity index (χ3n) is 6.75. The molecule has 0 saturated heterocycles. The van der Waals surface area contributed by atoms with Crippen LogP contribution in [0.5, 0.6) is 0 Å². The molecular weight excluding hydrogens is 436 g/mol. The fourth-order valence-electron chi connectivity index (χ4n) is 4.90. The van der Waals surface area contributed by atoms with E-state index in [1.165, 1.54) is 38.8 Å². The number of nitrogens with zero attached hydrogens (tertiary/aromatic N) is 2. The first kappa shape index (κ1) is 21.9. The minimum Gasteiger partial charge on any atom is -0.263 e. The molecule has 0 aliphatic heterocycles. The fourth-order valence-corrected chi connectivity index (χ4v) is 4.90. The zero-order valence-electron chi connectivity index (χ0n) is 20.4. The van der Waals surface area contributed by atoms with Crippen molar-refractivity contribution in [2.75, 3.05) is 0 Å². The standard InChI is InChI=1S/C34H26N2/c1-23-11-13-26(14-12-23)29-15-16-30(27-9-6-10-28(20-27)33-19-24(2)17-18-36-33)34-31(21-35-22-32(29)34)25-7-4-3-5-8-25/h3-22H,1-2H3. The van der Waals surface area contributed by atoms with E-state index in [-0.39, 0.29) is 0 Å². The molecule has 6 aromatic rings. The van der Waals surface area contributed by atoms with E-state index in [2.05, 4.69) is 116 Å². The van der Waals surface area contributed by atoms with E-state index in [0.717, 1.165) is 27.8 Å². The van der Waals surface area contributed by atoms with Gasteiger partial charge in [-0.1, -0.05) is 90.5 Å². The van der Waals surface area contributed by atoms with Gasteiger partial charge in [-0.2, -0.15) is 0 Å². The molecule has 2 nitrogen and oxygen atoms in total. The SMILES string of the molecule is Cc1ccc(-c2ccc(-c3cccc(-c4cc(C)ccn4)c3)c3c(-c4ccccc4)cncc23)cc1. The average Bonchev–Trinajstić information content (AvgIpc) is 2.93. The van der Waals surface area contributed by atoms with Crippen LogP contribution in [0.2, 0.25) is 0 Å². The highest BCUT2D eigenvalue weighted by Crippen LogP contribution is 2.41. The third-order valence-corrected chi connectivity index (χ3v) is 6.75. The maximum Gasteiger partial charge on any atom is 0.0704 e. The van der Waals surface area contributed by atoms with E-state index >= 15 is 0 Å². The topological polar surface area (TPSA) is 25.8 Å². The molecule has 0 N–H and O–H groups in total. The van der Waals surface area contributed by atoms with Crippen molar-refractivity contribution in [2.45, 2.75) is 13.8 Å². The molecule has 0 unspecified atom stereocenters. The number of hydrogen-bond donors (Lipinski definition) is 0. The van der Waals surface area contributed by atoms with Crippen molar-refractivity contribution >= 4 is 10.8 Å². The maximum absolute atomic E-state index is 4.69. The quantitative estimate of drug-likeness (QED) is 0.261. The summed E-state index contributed by atoms with van der Waals surface area (Å²) in [5, 5.41) is 2.36. The summed E-state index contributed by atoms with van der Waals surface area (Å²) in [4.78, 5) is 9.32. The summed E-state index contributed by atoms with van der Waals surface area (Å²) in [6, 6.07) is 36.6. The van der Waals surface area contributed by atoms with Gasteiger partial charge in [0.2, 0.25) is 0 Å². The van der Waals surface area contributed by atoms with E-state index in [1.807, 2.05) is 24.7 Å². The largest absolute Gasteiger partial charge is 0.263 e. The minimum atomic E-state index is 0.988. The van der Waals surface area contributed by atoms with Crippen molar-refractivity contribution in [3.8, 4) is 44.6 Å². The summed E-state index contributed by atoms with van der Waals surface area (Å²) in [7, 11) is 0. The van der Waals surface area contributed by atoms with E-state index in [0.29, 0.717) is 0 Å². The smallest absolute Gasteiger partial charge is 0.0704 e. The first-order chi connectivity index (χ1) is 17.7. The Hall–Kier alpha value is -4.56. The van der Waals surface area contributed by atoms with Crippen LogP contribution in [0.3, 0.4) is 0 Å². The second-order valence-electron chi connectivity index (χ2n) is 9.30. The third kappa shape index (κ3) is 4.08. The van der Waals surface area contributed by atoms with Crippen LogP contribution in [0.25, 0.3) is 55.4 Å². The monoisotopic (exact) mass is 462 g/mol. The molecule has 0 atom stereocenters. The lowest BCUT2D eigenvalue weighted by atomic mass is 9.88. The Bertz CT molecular complexity index is 1680. The van der Waals surface area contributed by atoms with Gasteiger partial charge in [0.25, 0.3) is 0 Å². The zero-order chi connectivity index (χ0) is 24.5. The minimum absolute atomic E-state index is 0.988. The molecule has 0 spiro atoms. The molecule has 4 aromatic carbocycles. The van der Waals surface area contributed by atoms with Crippen LogP contribution < -0.4 is 0 Å². The second-order valence-corrected chi connectivity index (χ2v) is 9.30. The first-order valence-corrected chi connectivity index (χ1v) is 12.2. The van der Waals surface area contributed by atoms with Gasteiger partial charge in [0.1, 0.15) is 0 Å². The van der Waals surface area contributed by atoms with Crippen molar-refractivity contribution < 1.29 is 0 Å². The number of benzene rings is 4. The Labute approximate surface area is 212 Å². The molecule has 0 aliphatic rings. The predicted octanol–water partition coefficient (Wildman–Crippen LogP) is 8.91. The van der Waals surface area contributed by atoms with Gasteiger partial charge >= 0.3 is 0 Å². The highest BCUT2D eigenvalue weighted by molar-refractivity contribution is 6.11. The lowest BCUT2D eigenvalue weighted by Crippen LogP contribution is -1.92. The molecule has 2 heterocycles. The van der Waals surface area contributed by atoms with Crippen LogP contribution in [0.4, 0.5) is 0 Å². The summed E-state index contributed by atoms with van der Waals surface area (Å²) in [5.74, 6) is 0. The first-order valence-electron chi connectivity index (χ1n) is 12.2. The van der Waals surface area contributed by atoms with E-state index in [1.54, 1.807) is 0 Å². The maximum atomic E-state index is 4.69. The number of aromatic nitrogens is 2. The van der Waals surface area contributed by atoms with Crippen molar-refractivity contribution in [3.05, 3.63) is 133 Å². The lowest BCUT2D eigenvalue weighted by molar-refractivity contribution is 1.29. The molecule has 0 radical (unpaired) electrons. The Kier molecular flexibility index (Phi) is 5.63. The van der Waals surface area contributed by atoms with Crippen LogP contribution in [0.15, 0.2) is 122 Å². The second kappa shape index (κ2) is 9.24. The Balaban J connectivity index is 1.63. The fraction of sp³-hybridized carbons (Fsp3) is 0.0588. The number of hydrogen-bond acceptors (Lipinski definition) is 2. The molecule has 6 rings (SSSR count). The van der Waals surface area contributed by atoms with Crippen molar-refractivity contribution in [3.63, 3.8) is 0 Å². The zero-order valence-corrected chi connectivity index (χ0v) is 20.4. The van der Waals surface area contributed by atoms with E-state index in [4.69, 9.17) is 4.98 Å². The van der Waals surface area contributed by atoms with Crippen LogP contribution >= 0.6 is 0 Å². The molecule has 0 amide bonds. The summed E-state index contributed by atoms with van der Waals surface area (Å²) in [6.07, 6.45) is 5.88. The Morgan fingerprint density at radius 1 is 0.500 bits per heavy atom. The molecule has 0 fully saturated rings. The van der Waals surface area contributed by atoms with Gasteiger partial charge in [0.05, 0.1) is 5.69 Å². The molecule has 2 heteroatoms. The Morgan fingerprint density at radius 2 is 1.22 bits per heavy atom. The predicted molar refractivity (Wildman–Crippen MR) is 151 cm³/mol. The van der Waals surface area contributed by atoms with Crippen LogP contribution in [-0.4, -0.2) is 9.97 Å². The van der Waals surface area contributed by atoms with Crippen molar-refractivity contribution in [1.29, 1.82) is 0 Å². The number of rotatable bonds is 4. The summed E-state index contributed by atoms with van der Waals surface area (Å²) < 4.78 is 0. The van der Waals surface area contributed by atoms with Gasteiger partial charge in [0.15, 0.2) is 0 Å². The molecule has 36 heavy (non-hydrogen) atoms. The van der Waals surface area contributed by atoms with E-state index < -0.39 is 0 Å². The van der Waals surface area contributed by atoms with Crippen LogP contribution in [0, 0.1) is 13.8 Å². The molecule has 0 saturated carbocycles. The molecule has 0 bridgehead atoms. The van der Waals surface area contributed by atoms with Crippen LogP contribution in [0.1, 0.15) is 11.1 Å². The number of aryl methyl sites for hydroxylation is 2. The average molecular weight is 463 g/mol. The summed E-state index contributed by atoms with van der Waals surface area (Å²) >= 11 is 0. The van der Waals surface area contributed by atoms with Gasteiger partial charge in [0, 0.05) is 40.5 Å². The lowest BCUT2D eigenvalue weighted by Gasteiger charge is -2.16. The number of fused-ring (bicyclic) bond motifs is 1. The highest BCUT2D eigenvalue weighted by atomic mass is 14.7. The van der Waals surface area contributed by atoms with Gasteiger partial charge in [-0.25, -0.2) is 0 Å². The highest BCUT2D eigenvalue weighted by Gasteiger charge is 2.15. The normalized spacial score (nSPS) is 11.1. The molecule has 2 aromatic heterocycles. The van der Waals surface area contributed by atoms with Crippen LogP contribution in [-0.2, 0) is 0 Å². The van der Waals surface area contributed by atoms with Gasteiger partial charge in [-0.3, -0.25) is 9.97 Å².